The second kappa shape index (κ2) is 7.63. The third kappa shape index (κ3) is 3.65. The van der Waals surface area contributed by atoms with Crippen LogP contribution in [0.5, 0.6) is 0 Å². The van der Waals surface area contributed by atoms with Crippen LogP contribution >= 0.6 is 0 Å². The summed E-state index contributed by atoms with van der Waals surface area (Å²) < 4.78 is 15.3. The molecule has 2 rings (SSSR count). The van der Waals surface area contributed by atoms with Gasteiger partial charge in [-0.3, -0.25) is 0 Å². The van der Waals surface area contributed by atoms with Gasteiger partial charge in [0, 0.05) is 0 Å². The molecule has 0 aromatic rings. The smallest absolute Gasteiger partial charge is 0.187 e. The van der Waals surface area contributed by atoms with E-state index in [1.54, 1.807) is 0 Å². The molecule has 0 bridgehead atoms. The molecule has 0 radical (unpaired) electrons. The molecule has 23 heavy (non-hydrogen) atoms. The zero-order chi connectivity index (χ0) is 17.3. The van der Waals surface area contributed by atoms with Gasteiger partial charge in [0.25, 0.3) is 0 Å². The minimum absolute atomic E-state index is 0.667. The van der Waals surface area contributed by atoms with E-state index in [9.17, 15) is 35.7 Å². The maximum Gasteiger partial charge on any atom is 0.187 e. The normalized spacial score (nSPS) is 51.7. The summed E-state index contributed by atoms with van der Waals surface area (Å²) in [5.41, 5.74) is 0. The predicted octanol–water partition coefficient (Wildman–Crippen LogP) is -5.40. The van der Waals surface area contributed by atoms with Gasteiger partial charge in [0.2, 0.25) is 0 Å². The van der Waals surface area contributed by atoms with Gasteiger partial charge in [-0.1, -0.05) is 0 Å². The molecule has 2 fully saturated rings. The number of aliphatic hydroxyl groups is 8. The number of hydrogen-bond acceptors (Lipinski definition) is 11. The summed E-state index contributed by atoms with van der Waals surface area (Å²) in [7, 11) is 0. The van der Waals surface area contributed by atoms with Crippen molar-refractivity contribution in [2.24, 2.45) is 0 Å². The van der Waals surface area contributed by atoms with Gasteiger partial charge in [-0.05, 0) is 0 Å². The van der Waals surface area contributed by atoms with E-state index in [4.69, 9.17) is 19.3 Å². The highest BCUT2D eigenvalue weighted by Gasteiger charge is 2.50. The zero-order valence-corrected chi connectivity index (χ0v) is 12.0. The number of ether oxygens (including phenoxy) is 3. The molecular formula is C12H22O11. The molecule has 0 amide bonds. The van der Waals surface area contributed by atoms with Gasteiger partial charge >= 0.3 is 0 Å². The third-order valence-electron chi connectivity index (χ3n) is 3.98. The molecule has 2 aliphatic rings. The lowest BCUT2D eigenvalue weighted by molar-refractivity contribution is -0.355. The molecule has 11 heteroatoms. The highest BCUT2D eigenvalue weighted by molar-refractivity contribution is 4.93. The first-order valence-electron chi connectivity index (χ1n) is 7.08. The van der Waals surface area contributed by atoms with Crippen molar-refractivity contribution < 1.29 is 55.1 Å². The molecule has 0 aromatic carbocycles. The SMILES string of the molecule is OC[C@H]1O[C@@H](O)[C@H](O)[C@@H](O)C1OC1O[C@H](CO)[C@@H](O)[C@H](O)[C@H]1O. The van der Waals surface area contributed by atoms with Crippen LogP contribution in [0.2, 0.25) is 0 Å². The lowest BCUT2D eigenvalue weighted by atomic mass is 9.97. The molecule has 2 saturated heterocycles. The summed E-state index contributed by atoms with van der Waals surface area (Å²) in [6.07, 6.45) is -15.6. The van der Waals surface area contributed by atoms with Gasteiger partial charge in [0.1, 0.15) is 48.8 Å². The molecule has 136 valence electrons. The van der Waals surface area contributed by atoms with E-state index in [2.05, 4.69) is 0 Å². The van der Waals surface area contributed by atoms with E-state index in [0.29, 0.717) is 0 Å². The summed E-state index contributed by atoms with van der Waals surface area (Å²) in [5.74, 6) is 0. The van der Waals surface area contributed by atoms with Crippen LogP contribution in [0, 0.1) is 0 Å². The second-order valence-corrected chi connectivity index (χ2v) is 5.53. The van der Waals surface area contributed by atoms with Gasteiger partial charge in [-0.15, -0.1) is 0 Å². The standard InChI is InChI=1S/C12H22O11/c13-1-3-5(15)6(16)9(19)12(22-3)23-10-4(2-14)21-11(20)8(18)7(10)17/h3-20H,1-2H2/t3-,4-,5-,6+,7-,8-,9-,10?,11-,12?/m1/s1. The van der Waals surface area contributed by atoms with Crippen molar-refractivity contribution in [1.29, 1.82) is 0 Å². The molecule has 2 unspecified atom stereocenters. The van der Waals surface area contributed by atoms with Gasteiger partial charge in [-0.25, -0.2) is 0 Å². The van der Waals surface area contributed by atoms with Crippen LogP contribution in [0.4, 0.5) is 0 Å². The van der Waals surface area contributed by atoms with E-state index in [1.165, 1.54) is 0 Å². The van der Waals surface area contributed by atoms with E-state index >= 15 is 0 Å². The first-order chi connectivity index (χ1) is 10.8. The average molecular weight is 342 g/mol. The van der Waals surface area contributed by atoms with Gasteiger partial charge in [0.15, 0.2) is 12.6 Å². The first-order valence-corrected chi connectivity index (χ1v) is 7.08. The fourth-order valence-corrected chi connectivity index (χ4v) is 2.57. The van der Waals surface area contributed by atoms with Crippen molar-refractivity contribution in [2.75, 3.05) is 13.2 Å². The van der Waals surface area contributed by atoms with Crippen LogP contribution in [-0.4, -0.2) is 115 Å². The molecule has 2 aliphatic heterocycles. The zero-order valence-electron chi connectivity index (χ0n) is 12.0. The number of aliphatic hydroxyl groups excluding tert-OH is 8. The maximum absolute atomic E-state index is 9.94. The molecule has 10 atom stereocenters. The average Bonchev–Trinajstić information content (AvgIpc) is 2.55. The Morgan fingerprint density at radius 1 is 0.652 bits per heavy atom. The Morgan fingerprint density at radius 3 is 1.83 bits per heavy atom. The van der Waals surface area contributed by atoms with E-state index in [-0.39, 0.29) is 0 Å². The van der Waals surface area contributed by atoms with Crippen LogP contribution in [-0.2, 0) is 14.2 Å². The minimum atomic E-state index is -1.74. The van der Waals surface area contributed by atoms with Gasteiger partial charge in [-0.2, -0.15) is 0 Å². The highest BCUT2D eigenvalue weighted by Crippen LogP contribution is 2.28. The lowest BCUT2D eigenvalue weighted by Crippen LogP contribution is -2.64. The Bertz CT molecular complexity index is 378. The van der Waals surface area contributed by atoms with Crippen LogP contribution in [0.3, 0.4) is 0 Å². The summed E-state index contributed by atoms with van der Waals surface area (Å²) >= 11 is 0. The number of hydrogen-bond donors (Lipinski definition) is 8. The highest BCUT2D eigenvalue weighted by atomic mass is 16.7. The quantitative estimate of drug-likeness (QED) is 0.243. The number of rotatable bonds is 4. The maximum atomic E-state index is 9.94. The monoisotopic (exact) mass is 342 g/mol. The van der Waals surface area contributed by atoms with Crippen LogP contribution in [0.25, 0.3) is 0 Å². The molecule has 0 saturated carbocycles. The van der Waals surface area contributed by atoms with Crippen LogP contribution < -0.4 is 0 Å². The summed E-state index contributed by atoms with van der Waals surface area (Å²) in [6.45, 7) is -1.35. The molecule has 0 aromatic heterocycles. The Morgan fingerprint density at radius 2 is 1.26 bits per heavy atom. The predicted molar refractivity (Wildman–Crippen MR) is 68.6 cm³/mol. The fraction of sp³-hybridized carbons (Fsp3) is 1.00. The first kappa shape index (κ1) is 18.9. The summed E-state index contributed by atoms with van der Waals surface area (Å²) in [6, 6.07) is 0. The van der Waals surface area contributed by atoms with Crippen molar-refractivity contribution >= 4 is 0 Å². The van der Waals surface area contributed by atoms with Gasteiger partial charge in [0.05, 0.1) is 13.2 Å². The molecule has 11 nitrogen and oxygen atoms in total. The third-order valence-corrected chi connectivity index (χ3v) is 3.98. The Labute approximate surface area is 130 Å². The van der Waals surface area contributed by atoms with E-state index in [0.717, 1.165) is 0 Å². The second-order valence-electron chi connectivity index (χ2n) is 5.53. The molecule has 8 N–H and O–H groups in total. The summed E-state index contributed by atoms with van der Waals surface area (Å²) in [4.78, 5) is 0. The van der Waals surface area contributed by atoms with E-state index in [1.807, 2.05) is 0 Å². The molecular weight excluding hydrogens is 320 g/mol. The Hall–Kier alpha value is -0.440. The van der Waals surface area contributed by atoms with Crippen molar-refractivity contribution in [2.45, 2.75) is 61.4 Å². The summed E-state index contributed by atoms with van der Waals surface area (Å²) in [5, 5.41) is 76.5. The lowest BCUT2D eigenvalue weighted by Gasteiger charge is -2.45. The van der Waals surface area contributed by atoms with Crippen molar-refractivity contribution in [3.05, 3.63) is 0 Å². The van der Waals surface area contributed by atoms with Crippen molar-refractivity contribution in [3.63, 3.8) is 0 Å². The Kier molecular flexibility index (Phi) is 6.27. The largest absolute Gasteiger partial charge is 0.394 e. The fourth-order valence-electron chi connectivity index (χ4n) is 2.57. The van der Waals surface area contributed by atoms with Gasteiger partial charge < -0.3 is 55.1 Å². The van der Waals surface area contributed by atoms with Crippen LogP contribution in [0.1, 0.15) is 0 Å². The topological polar surface area (TPSA) is 190 Å². The minimum Gasteiger partial charge on any atom is -0.394 e. The van der Waals surface area contributed by atoms with Crippen molar-refractivity contribution in [3.8, 4) is 0 Å². The Balaban J connectivity index is 2.11. The molecule has 0 aliphatic carbocycles. The van der Waals surface area contributed by atoms with Crippen LogP contribution in [0.15, 0.2) is 0 Å². The van der Waals surface area contributed by atoms with E-state index < -0.39 is 74.6 Å². The molecule has 0 spiro atoms. The molecule has 2 heterocycles. The van der Waals surface area contributed by atoms with Crippen molar-refractivity contribution in [1.82, 2.24) is 0 Å².